The van der Waals surface area contributed by atoms with E-state index in [9.17, 15) is 13.2 Å². The minimum atomic E-state index is -4.33. The summed E-state index contributed by atoms with van der Waals surface area (Å²) in [5.41, 5.74) is 4.41. The smallest absolute Gasteiger partial charge is 0.378 e. The molecule has 0 unspecified atom stereocenters. The van der Waals surface area contributed by atoms with Crippen LogP contribution in [0.1, 0.15) is 5.56 Å². The van der Waals surface area contributed by atoms with Crippen molar-refractivity contribution in [1.82, 2.24) is 0 Å². The van der Waals surface area contributed by atoms with E-state index in [4.69, 9.17) is 0 Å². The number of hydrogen-bond donors (Lipinski definition) is 0. The van der Waals surface area contributed by atoms with Gasteiger partial charge in [-0.15, -0.1) is 0 Å². The van der Waals surface area contributed by atoms with Gasteiger partial charge in [0.15, 0.2) is 0 Å². The molecule has 0 amide bonds. The molecule has 0 radical (unpaired) electrons. The molecule has 0 aliphatic rings. The molecule has 0 spiro atoms. The van der Waals surface area contributed by atoms with E-state index in [0.717, 1.165) is 50.8 Å². The number of nitrogens with zero attached hydrogens (tertiary/aromatic N) is 1. The molecule has 1 nitrogen and oxygen atoms in total. The molecule has 0 aliphatic carbocycles. The highest BCUT2D eigenvalue weighted by atomic mass is 19.4. The fourth-order valence-electron chi connectivity index (χ4n) is 3.52. The van der Waals surface area contributed by atoms with Gasteiger partial charge in [0.05, 0.1) is 5.56 Å². The molecule has 4 aromatic rings. The minimum Gasteiger partial charge on any atom is -0.378 e. The average molecular weight is 391 g/mol. The Kier molecular flexibility index (Phi) is 4.79. The lowest BCUT2D eigenvalue weighted by molar-refractivity contribution is -0.137. The highest BCUT2D eigenvalue weighted by Crippen LogP contribution is 2.35. The maximum Gasteiger partial charge on any atom is 0.416 e. The Morgan fingerprint density at radius 2 is 1.31 bits per heavy atom. The first-order valence-electron chi connectivity index (χ1n) is 9.31. The van der Waals surface area contributed by atoms with Crippen LogP contribution in [-0.2, 0) is 6.18 Å². The molecule has 0 aromatic heterocycles. The molecule has 4 rings (SSSR count). The quantitative estimate of drug-likeness (QED) is 0.355. The van der Waals surface area contributed by atoms with E-state index < -0.39 is 11.7 Å². The first-order valence-corrected chi connectivity index (χ1v) is 9.31. The van der Waals surface area contributed by atoms with Gasteiger partial charge in [-0.25, -0.2) is 0 Å². The maximum atomic E-state index is 12.9. The van der Waals surface area contributed by atoms with Crippen LogP contribution in [0.4, 0.5) is 18.9 Å². The molecule has 0 aliphatic heterocycles. The van der Waals surface area contributed by atoms with E-state index >= 15 is 0 Å². The summed E-state index contributed by atoms with van der Waals surface area (Å²) in [7, 11) is 4.02. The van der Waals surface area contributed by atoms with Gasteiger partial charge in [0.25, 0.3) is 0 Å². The summed E-state index contributed by atoms with van der Waals surface area (Å²) >= 11 is 0. The SMILES string of the molecule is CN(C)c1cccc(-c2ccc3c(-c4ccc(C(F)(F)F)cc4)cccc3c2)c1. The van der Waals surface area contributed by atoms with Crippen molar-refractivity contribution in [3.8, 4) is 22.3 Å². The van der Waals surface area contributed by atoms with Crippen LogP contribution in [0.5, 0.6) is 0 Å². The van der Waals surface area contributed by atoms with Gasteiger partial charge in [-0.1, -0.05) is 54.6 Å². The summed E-state index contributed by atoms with van der Waals surface area (Å²) in [4.78, 5) is 2.06. The third-order valence-corrected chi connectivity index (χ3v) is 5.10. The molecule has 0 N–H and O–H groups in total. The van der Waals surface area contributed by atoms with Gasteiger partial charge < -0.3 is 4.90 Å². The Labute approximate surface area is 168 Å². The molecule has 0 bridgehead atoms. The van der Waals surface area contributed by atoms with Crippen molar-refractivity contribution >= 4 is 16.5 Å². The van der Waals surface area contributed by atoms with Gasteiger partial charge in [0, 0.05) is 19.8 Å². The Morgan fingerprint density at radius 3 is 2.00 bits per heavy atom. The first kappa shape index (κ1) is 19.1. The standard InChI is InChI=1S/C25H20F3N/c1-29(2)22-7-3-5-18(16-22)19-11-14-24-20(15-19)6-4-8-23(24)17-9-12-21(13-10-17)25(26,27)28/h3-16H,1-2H3. The second-order valence-electron chi connectivity index (χ2n) is 7.26. The zero-order valence-electron chi connectivity index (χ0n) is 16.2. The molecule has 0 fully saturated rings. The van der Waals surface area contributed by atoms with Crippen LogP contribution < -0.4 is 4.90 Å². The lowest BCUT2D eigenvalue weighted by atomic mass is 9.94. The molecule has 0 atom stereocenters. The van der Waals surface area contributed by atoms with E-state index in [2.05, 4.69) is 35.2 Å². The number of alkyl halides is 3. The Bertz CT molecular complexity index is 1160. The fourth-order valence-corrected chi connectivity index (χ4v) is 3.52. The third kappa shape index (κ3) is 3.83. The zero-order valence-corrected chi connectivity index (χ0v) is 16.2. The third-order valence-electron chi connectivity index (χ3n) is 5.10. The number of hydrogen-bond acceptors (Lipinski definition) is 1. The summed E-state index contributed by atoms with van der Waals surface area (Å²) in [5, 5.41) is 2.06. The topological polar surface area (TPSA) is 3.24 Å². The van der Waals surface area contributed by atoms with Crippen LogP contribution in [0.2, 0.25) is 0 Å². The number of benzene rings is 4. The van der Waals surface area contributed by atoms with Crippen LogP contribution in [0.15, 0.2) is 84.9 Å². The number of halogens is 3. The second kappa shape index (κ2) is 7.28. The fraction of sp³-hybridized carbons (Fsp3) is 0.120. The van der Waals surface area contributed by atoms with Gasteiger partial charge in [-0.2, -0.15) is 13.2 Å². The molecule has 4 aromatic carbocycles. The molecule has 0 saturated carbocycles. The summed E-state index contributed by atoms with van der Waals surface area (Å²) in [5.74, 6) is 0. The van der Waals surface area contributed by atoms with Crippen molar-refractivity contribution in [3.05, 3.63) is 90.5 Å². The zero-order chi connectivity index (χ0) is 20.6. The second-order valence-corrected chi connectivity index (χ2v) is 7.26. The molecule has 0 heterocycles. The molecule has 29 heavy (non-hydrogen) atoms. The lowest BCUT2D eigenvalue weighted by Gasteiger charge is -2.14. The van der Waals surface area contributed by atoms with Crippen LogP contribution in [0.3, 0.4) is 0 Å². The van der Waals surface area contributed by atoms with Crippen LogP contribution in [-0.4, -0.2) is 14.1 Å². The van der Waals surface area contributed by atoms with Gasteiger partial charge in [0.1, 0.15) is 0 Å². The molecule has 4 heteroatoms. The highest BCUT2D eigenvalue weighted by molar-refractivity contribution is 5.98. The Balaban J connectivity index is 1.76. The van der Waals surface area contributed by atoms with Gasteiger partial charge in [-0.05, 0) is 63.4 Å². The normalized spacial score (nSPS) is 11.6. The maximum absolute atomic E-state index is 12.9. The molecule has 146 valence electrons. The van der Waals surface area contributed by atoms with E-state index in [1.807, 2.05) is 44.4 Å². The number of rotatable bonds is 3. The van der Waals surface area contributed by atoms with Crippen LogP contribution in [0.25, 0.3) is 33.0 Å². The predicted molar refractivity (Wildman–Crippen MR) is 114 cm³/mol. The monoisotopic (exact) mass is 391 g/mol. The van der Waals surface area contributed by atoms with Crippen LogP contribution >= 0.6 is 0 Å². The highest BCUT2D eigenvalue weighted by Gasteiger charge is 2.30. The summed E-state index contributed by atoms with van der Waals surface area (Å²) in [6.07, 6.45) is -4.33. The summed E-state index contributed by atoms with van der Waals surface area (Å²) in [6, 6.07) is 25.8. The van der Waals surface area contributed by atoms with Crippen molar-refractivity contribution in [2.24, 2.45) is 0 Å². The van der Waals surface area contributed by atoms with Crippen molar-refractivity contribution in [2.45, 2.75) is 6.18 Å². The first-order chi connectivity index (χ1) is 13.8. The van der Waals surface area contributed by atoms with Gasteiger partial charge in [0.2, 0.25) is 0 Å². The number of fused-ring (bicyclic) bond motifs is 1. The molecular weight excluding hydrogens is 371 g/mol. The molecule has 0 saturated heterocycles. The van der Waals surface area contributed by atoms with Crippen molar-refractivity contribution in [1.29, 1.82) is 0 Å². The Morgan fingerprint density at radius 1 is 0.655 bits per heavy atom. The average Bonchev–Trinajstić information content (AvgIpc) is 2.72. The Hall–Kier alpha value is -3.27. The van der Waals surface area contributed by atoms with E-state index in [1.165, 1.54) is 12.1 Å². The summed E-state index contributed by atoms with van der Waals surface area (Å²) in [6.45, 7) is 0. The largest absolute Gasteiger partial charge is 0.416 e. The van der Waals surface area contributed by atoms with Crippen molar-refractivity contribution in [3.63, 3.8) is 0 Å². The van der Waals surface area contributed by atoms with Gasteiger partial charge >= 0.3 is 6.18 Å². The van der Waals surface area contributed by atoms with E-state index in [1.54, 1.807) is 0 Å². The minimum absolute atomic E-state index is 0.635. The predicted octanol–water partition coefficient (Wildman–Crippen LogP) is 7.26. The summed E-state index contributed by atoms with van der Waals surface area (Å²) < 4.78 is 38.6. The van der Waals surface area contributed by atoms with E-state index in [-0.39, 0.29) is 0 Å². The van der Waals surface area contributed by atoms with Crippen LogP contribution in [0, 0.1) is 0 Å². The van der Waals surface area contributed by atoms with E-state index in [0.29, 0.717) is 0 Å². The number of anilines is 1. The lowest BCUT2D eigenvalue weighted by Crippen LogP contribution is -2.08. The van der Waals surface area contributed by atoms with Crippen molar-refractivity contribution in [2.75, 3.05) is 19.0 Å². The molecular formula is C25H20F3N. The van der Waals surface area contributed by atoms with Gasteiger partial charge in [-0.3, -0.25) is 0 Å². The van der Waals surface area contributed by atoms with Crippen molar-refractivity contribution < 1.29 is 13.2 Å².